The number of benzene rings is 2. The van der Waals surface area contributed by atoms with Gasteiger partial charge in [-0.3, -0.25) is 9.69 Å². The summed E-state index contributed by atoms with van der Waals surface area (Å²) < 4.78 is 25.5. The quantitative estimate of drug-likeness (QED) is 0.725. The van der Waals surface area contributed by atoms with Gasteiger partial charge in [0.15, 0.2) is 0 Å². The molecule has 1 heterocycles. The SMILES string of the molecule is CN(C)S(=O)(=O)c1ccc(C(=O)NC[C@@H](c2ccccc2Cl)N2CCCC2)cc1. The van der Waals surface area contributed by atoms with Crippen LogP contribution in [0.15, 0.2) is 53.4 Å². The fourth-order valence-corrected chi connectivity index (χ4v) is 4.68. The third kappa shape index (κ3) is 4.98. The van der Waals surface area contributed by atoms with Crippen LogP contribution in [0.25, 0.3) is 0 Å². The first-order valence-corrected chi connectivity index (χ1v) is 11.4. The van der Waals surface area contributed by atoms with Gasteiger partial charge in [-0.2, -0.15) is 0 Å². The molecular weight excluding hydrogens is 410 g/mol. The maximum Gasteiger partial charge on any atom is 0.251 e. The zero-order valence-corrected chi connectivity index (χ0v) is 18.2. The number of carbonyl (C=O) groups is 1. The van der Waals surface area contributed by atoms with Gasteiger partial charge in [-0.05, 0) is 61.8 Å². The molecule has 0 radical (unpaired) electrons. The second kappa shape index (κ2) is 9.26. The molecule has 2 aromatic rings. The van der Waals surface area contributed by atoms with Crippen molar-refractivity contribution in [3.05, 3.63) is 64.7 Å². The number of carbonyl (C=O) groups excluding carboxylic acids is 1. The normalized spacial score (nSPS) is 16.1. The largest absolute Gasteiger partial charge is 0.350 e. The molecule has 1 aliphatic rings. The Hall–Kier alpha value is -1.93. The monoisotopic (exact) mass is 435 g/mol. The molecule has 1 aliphatic heterocycles. The Bertz CT molecular complexity index is 955. The predicted octanol–water partition coefficient (Wildman–Crippen LogP) is 3.16. The molecule has 1 amide bonds. The minimum atomic E-state index is -3.52. The molecule has 6 nitrogen and oxygen atoms in total. The van der Waals surface area contributed by atoms with Gasteiger partial charge in [-0.15, -0.1) is 0 Å². The standard InChI is InChI=1S/C21H26ClN3O3S/c1-24(2)29(27,28)17-11-9-16(10-12-17)21(26)23-15-20(25-13-5-6-14-25)18-7-3-4-8-19(18)22/h3-4,7-12,20H,5-6,13-15H2,1-2H3,(H,23,26)/t20-/m0/s1. The highest BCUT2D eigenvalue weighted by Crippen LogP contribution is 2.29. The molecule has 0 aliphatic carbocycles. The number of nitrogens with zero attached hydrogens (tertiary/aromatic N) is 2. The molecule has 0 unspecified atom stereocenters. The molecule has 2 aromatic carbocycles. The highest BCUT2D eigenvalue weighted by atomic mass is 35.5. The molecule has 1 N–H and O–H groups in total. The highest BCUT2D eigenvalue weighted by molar-refractivity contribution is 7.89. The van der Waals surface area contributed by atoms with Gasteiger partial charge in [0, 0.05) is 31.2 Å². The third-order valence-electron chi connectivity index (χ3n) is 5.20. The summed E-state index contributed by atoms with van der Waals surface area (Å²) in [5.41, 5.74) is 1.42. The smallest absolute Gasteiger partial charge is 0.251 e. The molecule has 1 saturated heterocycles. The summed E-state index contributed by atoms with van der Waals surface area (Å²) in [6.07, 6.45) is 2.27. The van der Waals surface area contributed by atoms with Crippen LogP contribution in [0.5, 0.6) is 0 Å². The number of hydrogen-bond acceptors (Lipinski definition) is 4. The molecule has 29 heavy (non-hydrogen) atoms. The van der Waals surface area contributed by atoms with Gasteiger partial charge in [0.2, 0.25) is 10.0 Å². The summed E-state index contributed by atoms with van der Waals surface area (Å²) in [6, 6.07) is 13.7. The molecule has 0 aromatic heterocycles. The third-order valence-corrected chi connectivity index (χ3v) is 7.37. The van der Waals surface area contributed by atoms with Gasteiger partial charge < -0.3 is 5.32 Å². The van der Waals surface area contributed by atoms with Crippen molar-refractivity contribution in [2.75, 3.05) is 33.7 Å². The number of halogens is 1. The van der Waals surface area contributed by atoms with Crippen LogP contribution >= 0.6 is 11.6 Å². The second-order valence-corrected chi connectivity index (χ2v) is 9.86. The molecule has 1 fully saturated rings. The van der Waals surface area contributed by atoms with E-state index < -0.39 is 10.0 Å². The molecule has 3 rings (SSSR count). The molecule has 0 saturated carbocycles. The Morgan fingerprint density at radius 2 is 1.72 bits per heavy atom. The van der Waals surface area contributed by atoms with Gasteiger partial charge in [-0.25, -0.2) is 12.7 Å². The van der Waals surface area contributed by atoms with Gasteiger partial charge in [0.1, 0.15) is 0 Å². The van der Waals surface area contributed by atoms with Crippen molar-refractivity contribution in [2.24, 2.45) is 0 Å². The lowest BCUT2D eigenvalue weighted by Crippen LogP contribution is -2.37. The van der Waals surface area contributed by atoms with Crippen molar-refractivity contribution in [1.29, 1.82) is 0 Å². The van der Waals surface area contributed by atoms with Crippen LogP contribution < -0.4 is 5.32 Å². The number of sulfonamides is 1. The van der Waals surface area contributed by atoms with Crippen LogP contribution in [0, 0.1) is 0 Å². The molecule has 156 valence electrons. The van der Waals surface area contributed by atoms with E-state index in [9.17, 15) is 13.2 Å². The molecule has 8 heteroatoms. The Kier molecular flexibility index (Phi) is 6.95. The van der Waals surface area contributed by atoms with Gasteiger partial charge in [-0.1, -0.05) is 29.8 Å². The first-order chi connectivity index (χ1) is 13.8. The lowest BCUT2D eigenvalue weighted by Gasteiger charge is -2.29. The lowest BCUT2D eigenvalue weighted by atomic mass is 10.0. The lowest BCUT2D eigenvalue weighted by molar-refractivity contribution is 0.0938. The van der Waals surface area contributed by atoms with E-state index in [1.54, 1.807) is 0 Å². The van der Waals surface area contributed by atoms with E-state index in [-0.39, 0.29) is 16.8 Å². The van der Waals surface area contributed by atoms with E-state index in [1.165, 1.54) is 38.4 Å². The second-order valence-electron chi connectivity index (χ2n) is 7.30. The van der Waals surface area contributed by atoms with Crippen molar-refractivity contribution in [2.45, 2.75) is 23.8 Å². The van der Waals surface area contributed by atoms with Gasteiger partial charge in [0.05, 0.1) is 10.9 Å². The summed E-state index contributed by atoms with van der Waals surface area (Å²) in [6.45, 7) is 2.38. The number of likely N-dealkylation sites (tertiary alicyclic amines) is 1. The van der Waals surface area contributed by atoms with Crippen molar-refractivity contribution in [3.8, 4) is 0 Å². The van der Waals surface area contributed by atoms with Crippen LogP contribution in [0.3, 0.4) is 0 Å². The Morgan fingerprint density at radius 3 is 2.31 bits per heavy atom. The van der Waals surface area contributed by atoms with E-state index >= 15 is 0 Å². The average molecular weight is 436 g/mol. The highest BCUT2D eigenvalue weighted by Gasteiger charge is 2.26. The van der Waals surface area contributed by atoms with Crippen molar-refractivity contribution < 1.29 is 13.2 Å². The molecule has 1 atom stereocenters. The molecular formula is C21H26ClN3O3S. The van der Waals surface area contributed by atoms with Crippen LogP contribution in [0.1, 0.15) is 34.8 Å². The number of amides is 1. The summed E-state index contributed by atoms with van der Waals surface area (Å²) in [4.78, 5) is 15.2. The maximum atomic E-state index is 12.7. The fourth-order valence-electron chi connectivity index (χ4n) is 3.51. The van der Waals surface area contributed by atoms with E-state index in [2.05, 4.69) is 10.2 Å². The Morgan fingerprint density at radius 1 is 1.10 bits per heavy atom. The van der Waals surface area contributed by atoms with Gasteiger partial charge in [0.25, 0.3) is 5.91 Å². The van der Waals surface area contributed by atoms with Crippen LogP contribution in [-0.4, -0.2) is 57.3 Å². The zero-order chi connectivity index (χ0) is 21.0. The molecule has 0 spiro atoms. The zero-order valence-electron chi connectivity index (χ0n) is 16.6. The summed E-state index contributed by atoms with van der Waals surface area (Å²) in [7, 11) is -0.566. The van der Waals surface area contributed by atoms with Crippen molar-refractivity contribution in [1.82, 2.24) is 14.5 Å². The van der Waals surface area contributed by atoms with Gasteiger partial charge >= 0.3 is 0 Å². The summed E-state index contributed by atoms with van der Waals surface area (Å²) >= 11 is 6.42. The van der Waals surface area contributed by atoms with Crippen molar-refractivity contribution in [3.63, 3.8) is 0 Å². The summed E-state index contributed by atoms with van der Waals surface area (Å²) in [5, 5.41) is 3.68. The first-order valence-electron chi connectivity index (χ1n) is 9.60. The Labute approximate surface area is 177 Å². The summed E-state index contributed by atoms with van der Waals surface area (Å²) in [5.74, 6) is -0.241. The van der Waals surface area contributed by atoms with E-state index in [0.717, 1.165) is 35.8 Å². The minimum absolute atomic E-state index is 0.00328. The first kappa shape index (κ1) is 21.8. The number of nitrogens with one attached hydrogen (secondary N) is 1. The Balaban J connectivity index is 1.73. The predicted molar refractivity (Wildman–Crippen MR) is 115 cm³/mol. The fraction of sp³-hybridized carbons (Fsp3) is 0.381. The van der Waals surface area contributed by atoms with E-state index in [4.69, 9.17) is 11.6 Å². The van der Waals surface area contributed by atoms with Crippen molar-refractivity contribution >= 4 is 27.5 Å². The van der Waals surface area contributed by atoms with Crippen LogP contribution in [0.2, 0.25) is 5.02 Å². The molecule has 0 bridgehead atoms. The van der Waals surface area contributed by atoms with Crippen LogP contribution in [-0.2, 0) is 10.0 Å². The topological polar surface area (TPSA) is 69.7 Å². The minimum Gasteiger partial charge on any atom is -0.350 e. The van der Waals surface area contributed by atoms with E-state index in [0.29, 0.717) is 17.1 Å². The average Bonchev–Trinajstić information content (AvgIpc) is 3.24. The number of hydrogen-bond donors (Lipinski definition) is 1. The maximum absolute atomic E-state index is 12.7. The van der Waals surface area contributed by atoms with E-state index in [1.807, 2.05) is 24.3 Å². The number of rotatable bonds is 7. The van der Waals surface area contributed by atoms with Crippen LogP contribution in [0.4, 0.5) is 0 Å².